The van der Waals surface area contributed by atoms with Crippen molar-refractivity contribution in [2.75, 3.05) is 0 Å². The van der Waals surface area contributed by atoms with Gasteiger partial charge in [-0.3, -0.25) is 19.3 Å². The fourth-order valence-corrected chi connectivity index (χ4v) is 3.96. The Bertz CT molecular complexity index is 1280. The fraction of sp³-hybridized carbons (Fsp3) is 0.0952. The monoisotopic (exact) mass is 453 g/mol. The van der Waals surface area contributed by atoms with Crippen molar-refractivity contribution < 1.29 is 5.11 Å². The number of fused-ring (bicyclic) bond motifs is 1. The first-order chi connectivity index (χ1) is 13.3. The first-order valence-corrected chi connectivity index (χ1v) is 9.76. The molecule has 0 saturated heterocycles. The van der Waals surface area contributed by atoms with Crippen molar-refractivity contribution in [3.63, 3.8) is 0 Å². The van der Waals surface area contributed by atoms with E-state index >= 15 is 0 Å². The molecule has 5 nitrogen and oxygen atoms in total. The highest BCUT2D eigenvalue weighted by molar-refractivity contribution is 9.10. The number of hydrogen-bond acceptors (Lipinski definition) is 4. The van der Waals surface area contributed by atoms with Crippen LogP contribution in [-0.2, 0) is 0 Å². The van der Waals surface area contributed by atoms with Gasteiger partial charge in [0.1, 0.15) is 5.56 Å². The minimum absolute atomic E-state index is 0.127. The summed E-state index contributed by atoms with van der Waals surface area (Å²) in [6, 6.07) is 11.6. The fourth-order valence-electron chi connectivity index (χ4n) is 3.32. The summed E-state index contributed by atoms with van der Waals surface area (Å²) in [6.07, 6.45) is 3.31. The molecule has 0 atom stereocenters. The van der Waals surface area contributed by atoms with Crippen molar-refractivity contribution in [1.29, 1.82) is 0 Å². The summed E-state index contributed by atoms with van der Waals surface area (Å²) in [5.41, 5.74) is 4.86. The number of aryl methyl sites for hydroxylation is 2. The number of rotatable bonds is 2. The number of aromatic amines is 1. The molecule has 1 aliphatic rings. The molecular formula is C21H16BrN3O2S. The predicted octanol–water partition coefficient (Wildman–Crippen LogP) is 5.24. The summed E-state index contributed by atoms with van der Waals surface area (Å²) < 4.78 is 2.52. The van der Waals surface area contributed by atoms with Gasteiger partial charge in [-0.15, -0.1) is 0 Å². The average Bonchev–Trinajstić information content (AvgIpc) is 2.99. The smallest absolute Gasteiger partial charge is 0.262 e. The Kier molecular flexibility index (Phi) is 4.64. The minimum atomic E-state index is -0.451. The van der Waals surface area contributed by atoms with E-state index in [9.17, 15) is 9.90 Å². The van der Waals surface area contributed by atoms with Crippen LogP contribution in [0.25, 0.3) is 17.3 Å². The standard InChI is InChI=1S/C21H16BrN3O2S/c1-11-5-12(2)7-15(6-11)25-20(27)17(19(26)24-21(25)28)8-13-10-23-18-4-3-14(22)9-16(13)18/h3-10,27H,1-2H3,(H,24,26,28)/b13-8+. The molecule has 7 heteroatoms. The second-order valence-corrected chi connectivity index (χ2v) is 8.00. The first-order valence-electron chi connectivity index (χ1n) is 8.56. The molecule has 2 N–H and O–H groups in total. The first kappa shape index (κ1) is 18.6. The van der Waals surface area contributed by atoms with E-state index in [4.69, 9.17) is 12.2 Å². The number of nitrogens with zero attached hydrogens (tertiary/aromatic N) is 2. The minimum Gasteiger partial charge on any atom is -0.494 e. The van der Waals surface area contributed by atoms with Crippen LogP contribution in [0.4, 0.5) is 5.69 Å². The number of H-pyrrole nitrogens is 1. The highest BCUT2D eigenvalue weighted by Gasteiger charge is 2.17. The maximum Gasteiger partial charge on any atom is 0.262 e. The van der Waals surface area contributed by atoms with Crippen LogP contribution in [0.5, 0.6) is 5.88 Å². The van der Waals surface area contributed by atoms with Crippen molar-refractivity contribution in [2.45, 2.75) is 13.8 Å². The van der Waals surface area contributed by atoms with Gasteiger partial charge in [0.05, 0.1) is 11.4 Å². The van der Waals surface area contributed by atoms with Crippen molar-refractivity contribution in [1.82, 2.24) is 9.55 Å². The third-order valence-corrected chi connectivity index (χ3v) is 5.28. The van der Waals surface area contributed by atoms with Crippen LogP contribution in [0.1, 0.15) is 22.3 Å². The predicted molar refractivity (Wildman–Crippen MR) is 119 cm³/mol. The van der Waals surface area contributed by atoms with Crippen molar-refractivity contribution >= 4 is 51.7 Å². The molecule has 0 bridgehead atoms. The summed E-state index contributed by atoms with van der Waals surface area (Å²) in [5, 5.41) is 10.9. The molecule has 0 fully saturated rings. The number of hydrogen-bond donors (Lipinski definition) is 2. The zero-order valence-corrected chi connectivity index (χ0v) is 17.6. The van der Waals surface area contributed by atoms with Gasteiger partial charge in [-0.25, -0.2) is 0 Å². The van der Waals surface area contributed by atoms with Crippen LogP contribution in [0.3, 0.4) is 0 Å². The van der Waals surface area contributed by atoms with Gasteiger partial charge in [0, 0.05) is 21.8 Å². The van der Waals surface area contributed by atoms with E-state index in [-0.39, 0.29) is 16.2 Å². The summed E-state index contributed by atoms with van der Waals surface area (Å²) in [5.74, 6) is -0.205. The second-order valence-electron chi connectivity index (χ2n) is 6.70. The van der Waals surface area contributed by atoms with E-state index in [1.54, 1.807) is 12.3 Å². The van der Waals surface area contributed by atoms with Crippen LogP contribution in [0, 0.1) is 18.6 Å². The third-order valence-electron chi connectivity index (χ3n) is 4.50. The number of allylic oxidation sites excluding steroid dienone is 1. The maximum absolute atomic E-state index is 12.6. The number of nitrogens with one attached hydrogen (secondary N) is 1. The topological polar surface area (TPSA) is 70.4 Å². The molecule has 0 saturated carbocycles. The number of aromatic nitrogens is 2. The molecule has 140 valence electrons. The molecule has 0 spiro atoms. The van der Waals surface area contributed by atoms with Gasteiger partial charge in [0.25, 0.3) is 5.56 Å². The quantitative estimate of drug-likeness (QED) is 0.521. The number of aliphatic imine (C=N–C) groups is 1. The highest BCUT2D eigenvalue weighted by atomic mass is 79.9. The van der Waals surface area contributed by atoms with Crippen molar-refractivity contribution in [3.8, 4) is 11.6 Å². The van der Waals surface area contributed by atoms with E-state index in [0.717, 1.165) is 32.4 Å². The normalized spacial score (nSPS) is 13.9. The molecule has 1 aliphatic heterocycles. The zero-order valence-electron chi connectivity index (χ0n) is 15.2. The van der Waals surface area contributed by atoms with Crippen LogP contribution in [0.15, 0.2) is 50.7 Å². The van der Waals surface area contributed by atoms with Crippen molar-refractivity contribution in [3.05, 3.63) is 78.2 Å². The molecule has 1 aromatic heterocycles. The number of benzene rings is 2. The van der Waals surface area contributed by atoms with E-state index in [1.165, 1.54) is 4.57 Å². The van der Waals surface area contributed by atoms with Crippen LogP contribution >= 0.6 is 28.1 Å². The molecule has 3 aromatic rings. The average molecular weight is 454 g/mol. The van der Waals surface area contributed by atoms with Gasteiger partial charge in [-0.1, -0.05) is 22.0 Å². The Labute approximate surface area is 174 Å². The molecule has 0 aliphatic carbocycles. The second kappa shape index (κ2) is 7.00. The van der Waals surface area contributed by atoms with Gasteiger partial charge in [0.15, 0.2) is 4.77 Å². The van der Waals surface area contributed by atoms with E-state index in [0.29, 0.717) is 5.69 Å². The lowest BCUT2D eigenvalue weighted by Crippen LogP contribution is -2.16. The number of halogens is 1. The molecular weight excluding hydrogens is 438 g/mol. The van der Waals surface area contributed by atoms with Gasteiger partial charge in [-0.05, 0) is 73.6 Å². The lowest BCUT2D eigenvalue weighted by Gasteiger charge is -2.13. The molecule has 0 radical (unpaired) electrons. The summed E-state index contributed by atoms with van der Waals surface area (Å²) >= 11 is 8.77. The third kappa shape index (κ3) is 3.27. The van der Waals surface area contributed by atoms with Crippen LogP contribution in [-0.4, -0.2) is 20.9 Å². The van der Waals surface area contributed by atoms with E-state index in [2.05, 4.69) is 25.9 Å². The van der Waals surface area contributed by atoms with Gasteiger partial charge < -0.3 is 5.11 Å². The number of aromatic hydroxyl groups is 1. The Morgan fingerprint density at radius 1 is 1.18 bits per heavy atom. The van der Waals surface area contributed by atoms with Crippen LogP contribution in [0.2, 0.25) is 0 Å². The Morgan fingerprint density at radius 2 is 1.89 bits per heavy atom. The SMILES string of the molecule is Cc1cc(C)cc(-n2c(O)c(/C=C3\C=Nc4ccc(Br)cc43)c(=O)[nH]c2=S)c1. The van der Waals surface area contributed by atoms with Gasteiger partial charge >= 0.3 is 0 Å². The molecule has 4 rings (SSSR count). The van der Waals surface area contributed by atoms with Crippen LogP contribution < -0.4 is 5.56 Å². The van der Waals surface area contributed by atoms with E-state index < -0.39 is 5.56 Å². The Morgan fingerprint density at radius 3 is 2.61 bits per heavy atom. The van der Waals surface area contributed by atoms with Gasteiger partial charge in [-0.2, -0.15) is 0 Å². The molecule has 2 heterocycles. The van der Waals surface area contributed by atoms with Gasteiger partial charge in [0.2, 0.25) is 5.88 Å². The summed E-state index contributed by atoms with van der Waals surface area (Å²) in [6.45, 7) is 3.94. The van der Waals surface area contributed by atoms with E-state index in [1.807, 2.05) is 50.2 Å². The summed E-state index contributed by atoms with van der Waals surface area (Å²) in [4.78, 5) is 19.6. The Balaban J connectivity index is 1.94. The lowest BCUT2D eigenvalue weighted by molar-refractivity contribution is 0.432. The Hall–Kier alpha value is -2.77. The molecule has 28 heavy (non-hydrogen) atoms. The largest absolute Gasteiger partial charge is 0.494 e. The lowest BCUT2D eigenvalue weighted by atomic mass is 10.1. The summed E-state index contributed by atoms with van der Waals surface area (Å²) in [7, 11) is 0. The molecule has 2 aromatic carbocycles. The van der Waals surface area contributed by atoms with Crippen molar-refractivity contribution in [2.24, 2.45) is 4.99 Å². The maximum atomic E-state index is 12.6. The highest BCUT2D eigenvalue weighted by Crippen LogP contribution is 2.35. The molecule has 0 amide bonds. The molecule has 0 unspecified atom stereocenters. The zero-order chi connectivity index (χ0) is 20.0.